The molecule has 8 nitrogen and oxygen atoms in total. The van der Waals surface area contributed by atoms with E-state index in [1.165, 1.54) is 11.6 Å². The lowest BCUT2D eigenvalue weighted by Crippen LogP contribution is -2.42. The molecule has 2 N–H and O–H groups in total. The molecular weight excluding hydrogens is 312 g/mol. The molecule has 2 amide bonds. The second-order valence-electron chi connectivity index (χ2n) is 4.63. The van der Waals surface area contributed by atoms with Crippen molar-refractivity contribution >= 4 is 29.4 Å². The number of ether oxygens (including phenoxy) is 1. The van der Waals surface area contributed by atoms with E-state index in [0.29, 0.717) is 12.2 Å². The fourth-order valence-corrected chi connectivity index (χ4v) is 1.97. The molecule has 0 saturated heterocycles. The number of unbranched alkanes of at least 4 members (excludes halogenated alkanes) is 1. The predicted molar refractivity (Wildman–Crippen MR) is 79.1 cm³/mol. The van der Waals surface area contributed by atoms with Crippen LogP contribution in [0.3, 0.4) is 0 Å². The molecule has 0 saturated carbocycles. The molecular formula is C13H19ClN4O4. The van der Waals surface area contributed by atoms with Crippen LogP contribution in [0.4, 0.5) is 0 Å². The second-order valence-corrected chi connectivity index (χ2v) is 4.99. The first kappa shape index (κ1) is 18.0. The molecule has 0 bridgehead atoms. The standard InChI is InChI=1S/C13H19ClN4O4/c1-4-5-6-18-12(14)11(8(2)17-18)13(21)22-7-10(20)16-15-9(3)19/h4-7H2,1-3H3,(H,15,19)(H,16,20). The Labute approximate surface area is 133 Å². The molecule has 0 aliphatic heterocycles. The number of hydrogen-bond acceptors (Lipinski definition) is 5. The molecule has 1 rings (SSSR count). The van der Waals surface area contributed by atoms with Crippen molar-refractivity contribution in [1.29, 1.82) is 0 Å². The van der Waals surface area contributed by atoms with Crippen molar-refractivity contribution in [3.8, 4) is 0 Å². The third-order valence-electron chi connectivity index (χ3n) is 2.71. The van der Waals surface area contributed by atoms with Crippen molar-refractivity contribution in [2.45, 2.75) is 40.2 Å². The van der Waals surface area contributed by atoms with E-state index >= 15 is 0 Å². The number of carbonyl (C=O) groups is 3. The van der Waals surface area contributed by atoms with Crippen LogP contribution in [-0.2, 0) is 20.9 Å². The maximum Gasteiger partial charge on any atom is 0.343 e. The number of hydrazine groups is 1. The molecule has 1 aromatic rings. The summed E-state index contributed by atoms with van der Waals surface area (Å²) in [4.78, 5) is 34.0. The summed E-state index contributed by atoms with van der Waals surface area (Å²) < 4.78 is 6.40. The van der Waals surface area contributed by atoms with Crippen LogP contribution >= 0.6 is 11.6 Å². The van der Waals surface area contributed by atoms with Gasteiger partial charge < -0.3 is 4.74 Å². The molecule has 0 fully saturated rings. The molecule has 0 aliphatic carbocycles. The molecule has 0 aliphatic rings. The number of aryl methyl sites for hydroxylation is 2. The molecule has 0 aromatic carbocycles. The van der Waals surface area contributed by atoms with E-state index in [2.05, 4.69) is 16.0 Å². The summed E-state index contributed by atoms with van der Waals surface area (Å²) in [5.41, 5.74) is 4.75. The Kier molecular flexibility index (Phi) is 6.84. The van der Waals surface area contributed by atoms with Gasteiger partial charge in [-0.3, -0.25) is 25.1 Å². The SMILES string of the molecule is CCCCn1nc(C)c(C(=O)OCC(=O)NNC(C)=O)c1Cl. The van der Waals surface area contributed by atoms with E-state index in [0.717, 1.165) is 12.8 Å². The van der Waals surface area contributed by atoms with Gasteiger partial charge in [-0.2, -0.15) is 5.10 Å². The molecule has 22 heavy (non-hydrogen) atoms. The molecule has 1 aromatic heterocycles. The monoisotopic (exact) mass is 330 g/mol. The van der Waals surface area contributed by atoms with E-state index in [9.17, 15) is 14.4 Å². The van der Waals surface area contributed by atoms with Gasteiger partial charge in [-0.25, -0.2) is 4.79 Å². The van der Waals surface area contributed by atoms with Gasteiger partial charge in [0.1, 0.15) is 10.7 Å². The fraction of sp³-hybridized carbons (Fsp3) is 0.538. The Hall–Kier alpha value is -2.09. The third kappa shape index (κ3) is 5.03. The van der Waals surface area contributed by atoms with Gasteiger partial charge in [0.2, 0.25) is 5.91 Å². The average Bonchev–Trinajstić information content (AvgIpc) is 2.74. The number of aromatic nitrogens is 2. The van der Waals surface area contributed by atoms with Gasteiger partial charge in [0.05, 0.1) is 5.69 Å². The quantitative estimate of drug-likeness (QED) is 0.597. The van der Waals surface area contributed by atoms with Gasteiger partial charge >= 0.3 is 5.97 Å². The molecule has 9 heteroatoms. The minimum absolute atomic E-state index is 0.144. The van der Waals surface area contributed by atoms with Gasteiger partial charge in [0.15, 0.2) is 6.61 Å². The van der Waals surface area contributed by atoms with Gasteiger partial charge in [0, 0.05) is 13.5 Å². The lowest BCUT2D eigenvalue weighted by atomic mass is 10.3. The van der Waals surface area contributed by atoms with E-state index in [1.807, 2.05) is 6.92 Å². The normalized spacial score (nSPS) is 10.2. The molecule has 0 radical (unpaired) electrons. The molecule has 0 atom stereocenters. The Morgan fingerprint density at radius 3 is 2.59 bits per heavy atom. The first-order valence-corrected chi connectivity index (χ1v) is 7.20. The maximum atomic E-state index is 12.0. The highest BCUT2D eigenvalue weighted by atomic mass is 35.5. The number of nitrogens with one attached hydrogen (secondary N) is 2. The first-order valence-electron chi connectivity index (χ1n) is 6.82. The Balaban J connectivity index is 2.64. The number of hydrogen-bond donors (Lipinski definition) is 2. The van der Waals surface area contributed by atoms with Crippen molar-refractivity contribution in [3.05, 3.63) is 16.4 Å². The first-order chi connectivity index (χ1) is 10.4. The summed E-state index contributed by atoms with van der Waals surface area (Å²) in [6, 6.07) is 0. The van der Waals surface area contributed by atoms with E-state index in [-0.39, 0.29) is 10.7 Å². The lowest BCUT2D eigenvalue weighted by Gasteiger charge is -2.06. The van der Waals surface area contributed by atoms with Gasteiger partial charge in [-0.15, -0.1) is 0 Å². The van der Waals surface area contributed by atoms with Crippen molar-refractivity contribution in [3.63, 3.8) is 0 Å². The highest BCUT2D eigenvalue weighted by molar-refractivity contribution is 6.32. The third-order valence-corrected chi connectivity index (χ3v) is 3.09. The van der Waals surface area contributed by atoms with Crippen LogP contribution in [0.1, 0.15) is 42.7 Å². The zero-order valence-electron chi connectivity index (χ0n) is 12.7. The van der Waals surface area contributed by atoms with Gasteiger partial charge in [0.25, 0.3) is 5.91 Å². The Morgan fingerprint density at radius 2 is 2.00 bits per heavy atom. The lowest BCUT2D eigenvalue weighted by molar-refractivity contribution is -0.129. The van der Waals surface area contributed by atoms with Crippen molar-refractivity contribution < 1.29 is 19.1 Å². The van der Waals surface area contributed by atoms with Crippen LogP contribution in [0, 0.1) is 6.92 Å². The number of carbonyl (C=O) groups excluding carboxylic acids is 3. The van der Waals surface area contributed by atoms with Crippen molar-refractivity contribution in [2.24, 2.45) is 0 Å². The van der Waals surface area contributed by atoms with Crippen LogP contribution in [0.15, 0.2) is 0 Å². The minimum Gasteiger partial charge on any atom is -0.452 e. The predicted octanol–water partition coefficient (Wildman–Crippen LogP) is 0.969. The molecule has 0 unspecified atom stereocenters. The van der Waals surface area contributed by atoms with Crippen LogP contribution in [0.2, 0.25) is 5.15 Å². The highest BCUT2D eigenvalue weighted by Crippen LogP contribution is 2.21. The van der Waals surface area contributed by atoms with E-state index in [1.54, 1.807) is 6.92 Å². The number of amides is 2. The summed E-state index contributed by atoms with van der Waals surface area (Å²) in [5, 5.41) is 4.37. The van der Waals surface area contributed by atoms with Crippen molar-refractivity contribution in [1.82, 2.24) is 20.6 Å². The number of halogens is 1. The van der Waals surface area contributed by atoms with Crippen LogP contribution < -0.4 is 10.9 Å². The molecule has 1 heterocycles. The van der Waals surface area contributed by atoms with Crippen LogP contribution in [-0.4, -0.2) is 34.2 Å². The summed E-state index contributed by atoms with van der Waals surface area (Å²) in [6.45, 7) is 4.98. The zero-order chi connectivity index (χ0) is 16.7. The topological polar surface area (TPSA) is 102 Å². The average molecular weight is 331 g/mol. The number of rotatable bonds is 6. The molecule has 122 valence electrons. The van der Waals surface area contributed by atoms with Gasteiger partial charge in [-0.05, 0) is 13.3 Å². The minimum atomic E-state index is -0.733. The zero-order valence-corrected chi connectivity index (χ0v) is 13.5. The smallest absolute Gasteiger partial charge is 0.343 e. The van der Waals surface area contributed by atoms with Crippen LogP contribution in [0.5, 0.6) is 0 Å². The highest BCUT2D eigenvalue weighted by Gasteiger charge is 2.22. The maximum absolute atomic E-state index is 12.0. The number of esters is 1. The fourth-order valence-electron chi connectivity index (χ4n) is 1.64. The summed E-state index contributed by atoms with van der Waals surface area (Å²) in [7, 11) is 0. The Morgan fingerprint density at radius 1 is 1.32 bits per heavy atom. The second kappa shape index (κ2) is 8.38. The van der Waals surface area contributed by atoms with E-state index < -0.39 is 24.4 Å². The number of nitrogens with zero attached hydrogens (tertiary/aromatic N) is 2. The van der Waals surface area contributed by atoms with Crippen LogP contribution in [0.25, 0.3) is 0 Å². The largest absolute Gasteiger partial charge is 0.452 e. The summed E-state index contributed by atoms with van der Waals surface area (Å²) in [5.74, 6) is -1.82. The summed E-state index contributed by atoms with van der Waals surface area (Å²) >= 11 is 6.12. The van der Waals surface area contributed by atoms with Gasteiger partial charge in [-0.1, -0.05) is 24.9 Å². The molecule has 0 spiro atoms. The summed E-state index contributed by atoms with van der Waals surface area (Å²) in [6.07, 6.45) is 1.85. The Bertz CT molecular complexity index is 571. The van der Waals surface area contributed by atoms with Crippen molar-refractivity contribution in [2.75, 3.05) is 6.61 Å². The van der Waals surface area contributed by atoms with E-state index in [4.69, 9.17) is 16.3 Å².